The Kier molecular flexibility index (Phi) is 4.71. The van der Waals surface area contributed by atoms with Gasteiger partial charge in [0.15, 0.2) is 0 Å². The topological polar surface area (TPSA) is 39.4 Å². The molecular weight excluding hydrogens is 286 g/mol. The first-order valence-electron chi connectivity index (χ1n) is 8.04. The number of nitrogens with zero attached hydrogens (tertiary/aromatic N) is 3. The number of rotatable bonds is 6. The second-order valence-electron chi connectivity index (χ2n) is 5.31. The van der Waals surface area contributed by atoms with Gasteiger partial charge in [-0.3, -0.25) is 0 Å². The van der Waals surface area contributed by atoms with Crippen LogP contribution in [0.2, 0.25) is 0 Å². The van der Waals surface area contributed by atoms with E-state index in [9.17, 15) is 0 Å². The maximum absolute atomic E-state index is 5.45. The summed E-state index contributed by atoms with van der Waals surface area (Å²) in [6.07, 6.45) is 2.90. The molecule has 0 fully saturated rings. The molecule has 4 heteroatoms. The van der Waals surface area contributed by atoms with Crippen molar-refractivity contribution in [3.8, 4) is 5.75 Å². The highest BCUT2D eigenvalue weighted by Crippen LogP contribution is 2.22. The molecule has 0 amide bonds. The van der Waals surface area contributed by atoms with Crippen LogP contribution in [0, 0.1) is 0 Å². The summed E-state index contributed by atoms with van der Waals surface area (Å²) in [5, 5.41) is 0. The minimum absolute atomic E-state index is 0.675. The maximum atomic E-state index is 5.45. The van der Waals surface area contributed by atoms with Gasteiger partial charge in [0.2, 0.25) is 5.95 Å². The summed E-state index contributed by atoms with van der Waals surface area (Å²) in [6, 6.07) is 16.1. The van der Waals surface area contributed by atoms with E-state index in [0.29, 0.717) is 6.61 Å². The molecule has 0 N–H and O–H groups in total. The van der Waals surface area contributed by atoms with Crippen molar-refractivity contribution in [2.24, 2.45) is 4.99 Å². The van der Waals surface area contributed by atoms with Crippen LogP contribution in [0.3, 0.4) is 0 Å². The van der Waals surface area contributed by atoms with Crippen LogP contribution in [0.4, 0.5) is 5.95 Å². The van der Waals surface area contributed by atoms with Crippen LogP contribution >= 0.6 is 0 Å². The summed E-state index contributed by atoms with van der Waals surface area (Å²) in [4.78, 5) is 9.23. The molecule has 1 aromatic heterocycles. The molecule has 1 heterocycles. The molecule has 3 rings (SSSR count). The molecule has 0 aliphatic heterocycles. The number of benzene rings is 2. The lowest BCUT2D eigenvalue weighted by atomic mass is 10.2. The molecule has 118 valence electrons. The molecule has 0 unspecified atom stereocenters. The average Bonchev–Trinajstić information content (AvgIpc) is 2.93. The summed E-state index contributed by atoms with van der Waals surface area (Å²) in [5.41, 5.74) is 3.15. The third-order valence-corrected chi connectivity index (χ3v) is 3.60. The minimum atomic E-state index is 0.675. The Bertz CT molecular complexity index is 803. The first-order chi connectivity index (χ1) is 11.3. The molecule has 2 aromatic carbocycles. The molecule has 0 saturated carbocycles. The van der Waals surface area contributed by atoms with E-state index in [1.54, 1.807) is 0 Å². The van der Waals surface area contributed by atoms with Gasteiger partial charge in [0.25, 0.3) is 0 Å². The van der Waals surface area contributed by atoms with Crippen LogP contribution < -0.4 is 4.74 Å². The van der Waals surface area contributed by atoms with Crippen molar-refractivity contribution in [2.75, 3.05) is 6.61 Å². The number of imidazole rings is 1. The van der Waals surface area contributed by atoms with E-state index in [1.165, 1.54) is 0 Å². The van der Waals surface area contributed by atoms with Gasteiger partial charge in [0.05, 0.1) is 17.6 Å². The lowest BCUT2D eigenvalue weighted by Gasteiger charge is -2.04. The number of para-hydroxylation sites is 2. The summed E-state index contributed by atoms with van der Waals surface area (Å²) in [7, 11) is 0. The Morgan fingerprint density at radius 2 is 1.87 bits per heavy atom. The largest absolute Gasteiger partial charge is 0.494 e. The van der Waals surface area contributed by atoms with E-state index in [2.05, 4.69) is 27.5 Å². The second kappa shape index (κ2) is 7.09. The van der Waals surface area contributed by atoms with Gasteiger partial charge in [-0.1, -0.05) is 19.1 Å². The van der Waals surface area contributed by atoms with E-state index < -0.39 is 0 Å². The van der Waals surface area contributed by atoms with Gasteiger partial charge >= 0.3 is 0 Å². The van der Waals surface area contributed by atoms with Crippen LogP contribution in [0.15, 0.2) is 53.5 Å². The van der Waals surface area contributed by atoms with Crippen molar-refractivity contribution >= 4 is 23.2 Å². The molecule has 0 aliphatic rings. The Morgan fingerprint density at radius 3 is 2.61 bits per heavy atom. The zero-order valence-corrected chi connectivity index (χ0v) is 13.6. The van der Waals surface area contributed by atoms with E-state index in [1.807, 2.05) is 55.6 Å². The fourth-order valence-electron chi connectivity index (χ4n) is 2.55. The van der Waals surface area contributed by atoms with Gasteiger partial charge in [0.1, 0.15) is 5.75 Å². The first-order valence-corrected chi connectivity index (χ1v) is 8.04. The Hall–Kier alpha value is -2.62. The zero-order chi connectivity index (χ0) is 16.1. The van der Waals surface area contributed by atoms with Crippen LogP contribution in [0.1, 0.15) is 25.8 Å². The number of aryl methyl sites for hydroxylation is 1. The predicted octanol–water partition coefficient (Wildman–Crippen LogP) is 4.60. The third-order valence-electron chi connectivity index (χ3n) is 3.60. The van der Waals surface area contributed by atoms with E-state index in [4.69, 9.17) is 4.74 Å². The first kappa shape index (κ1) is 15.3. The SMILES string of the molecule is CCCn1c(N=Cc2ccc(OCC)cc2)nc2ccccc21. The fourth-order valence-corrected chi connectivity index (χ4v) is 2.55. The van der Waals surface area contributed by atoms with Crippen molar-refractivity contribution < 1.29 is 4.74 Å². The highest BCUT2D eigenvalue weighted by Gasteiger charge is 2.07. The van der Waals surface area contributed by atoms with E-state index in [0.717, 1.165) is 41.3 Å². The van der Waals surface area contributed by atoms with Crippen molar-refractivity contribution in [1.82, 2.24) is 9.55 Å². The molecule has 0 spiro atoms. The number of aromatic nitrogens is 2. The van der Waals surface area contributed by atoms with Gasteiger partial charge in [-0.05, 0) is 55.3 Å². The number of hydrogen-bond acceptors (Lipinski definition) is 3. The monoisotopic (exact) mass is 307 g/mol. The molecule has 4 nitrogen and oxygen atoms in total. The molecule has 0 aliphatic carbocycles. The van der Waals surface area contributed by atoms with Crippen molar-refractivity contribution in [2.45, 2.75) is 26.8 Å². The smallest absolute Gasteiger partial charge is 0.230 e. The van der Waals surface area contributed by atoms with Crippen LogP contribution in [0.5, 0.6) is 5.75 Å². The number of ether oxygens (including phenoxy) is 1. The lowest BCUT2D eigenvalue weighted by Crippen LogP contribution is -1.96. The zero-order valence-electron chi connectivity index (χ0n) is 13.6. The average molecular weight is 307 g/mol. The Balaban J connectivity index is 1.89. The standard InChI is InChI=1S/C19H21N3O/c1-3-13-22-18-8-6-5-7-17(18)21-19(22)20-14-15-9-11-16(12-10-15)23-4-2/h5-12,14H,3-4,13H2,1-2H3. The van der Waals surface area contributed by atoms with Gasteiger partial charge in [0, 0.05) is 12.8 Å². The Morgan fingerprint density at radius 1 is 1.09 bits per heavy atom. The Labute approximate surface area is 136 Å². The highest BCUT2D eigenvalue weighted by molar-refractivity contribution is 5.83. The summed E-state index contributed by atoms with van der Waals surface area (Å²) >= 11 is 0. The maximum Gasteiger partial charge on any atom is 0.230 e. The normalized spacial score (nSPS) is 11.4. The molecule has 0 bridgehead atoms. The molecule has 3 aromatic rings. The van der Waals surface area contributed by atoms with Gasteiger partial charge in [-0.2, -0.15) is 0 Å². The van der Waals surface area contributed by atoms with Gasteiger partial charge in [-0.25, -0.2) is 9.98 Å². The van der Waals surface area contributed by atoms with E-state index in [-0.39, 0.29) is 0 Å². The predicted molar refractivity (Wildman–Crippen MR) is 94.9 cm³/mol. The third kappa shape index (κ3) is 3.42. The van der Waals surface area contributed by atoms with Crippen molar-refractivity contribution in [3.63, 3.8) is 0 Å². The molecule has 0 atom stereocenters. The molecule has 0 saturated heterocycles. The molecule has 0 radical (unpaired) electrons. The minimum Gasteiger partial charge on any atom is -0.494 e. The van der Waals surface area contributed by atoms with Crippen LogP contribution in [0.25, 0.3) is 11.0 Å². The summed E-state index contributed by atoms with van der Waals surface area (Å²) < 4.78 is 7.62. The summed E-state index contributed by atoms with van der Waals surface area (Å²) in [5.74, 6) is 1.63. The quantitative estimate of drug-likeness (QED) is 0.625. The highest BCUT2D eigenvalue weighted by atomic mass is 16.5. The lowest BCUT2D eigenvalue weighted by molar-refractivity contribution is 0.340. The molecular formula is C19H21N3O. The van der Waals surface area contributed by atoms with E-state index >= 15 is 0 Å². The number of fused-ring (bicyclic) bond motifs is 1. The van der Waals surface area contributed by atoms with Crippen molar-refractivity contribution in [3.05, 3.63) is 54.1 Å². The number of aliphatic imine (C=N–C) groups is 1. The molecule has 23 heavy (non-hydrogen) atoms. The summed E-state index contributed by atoms with van der Waals surface area (Å²) in [6.45, 7) is 5.73. The second-order valence-corrected chi connectivity index (χ2v) is 5.31. The number of hydrogen-bond donors (Lipinski definition) is 0. The van der Waals surface area contributed by atoms with Crippen LogP contribution in [-0.2, 0) is 6.54 Å². The van der Waals surface area contributed by atoms with Crippen molar-refractivity contribution in [1.29, 1.82) is 0 Å². The fraction of sp³-hybridized carbons (Fsp3) is 0.263. The van der Waals surface area contributed by atoms with Crippen LogP contribution in [-0.4, -0.2) is 22.4 Å². The van der Waals surface area contributed by atoms with Gasteiger partial charge < -0.3 is 9.30 Å². The van der Waals surface area contributed by atoms with Gasteiger partial charge in [-0.15, -0.1) is 0 Å².